The van der Waals surface area contributed by atoms with Crippen molar-refractivity contribution in [3.8, 4) is 0 Å². The zero-order valence-corrected chi connectivity index (χ0v) is 11.3. The van der Waals surface area contributed by atoms with Crippen LogP contribution in [0.25, 0.3) is 0 Å². The van der Waals surface area contributed by atoms with Gasteiger partial charge in [-0.1, -0.05) is 0 Å². The van der Waals surface area contributed by atoms with Crippen LogP contribution in [0.1, 0.15) is 5.69 Å². The third-order valence-corrected chi connectivity index (χ3v) is 2.65. The van der Waals surface area contributed by atoms with Crippen LogP contribution in [0.2, 0.25) is 0 Å². The second-order valence-electron chi connectivity index (χ2n) is 2.92. The monoisotopic (exact) mass is 320 g/mol. The predicted octanol–water partition coefficient (Wildman–Crippen LogP) is 2.53. The molecule has 0 atom stereocenters. The number of hydrogen-bond acceptors (Lipinski definition) is 3. The molecule has 1 aromatic rings. The molecule has 0 spiro atoms. The molecule has 0 unspecified atom stereocenters. The molecule has 14 heavy (non-hydrogen) atoms. The van der Waals surface area contributed by atoms with Gasteiger partial charge in [-0.05, 0) is 38.8 Å². The molecule has 0 N–H and O–H groups in total. The van der Waals surface area contributed by atoms with Gasteiger partial charge >= 0.3 is 0 Å². The molecule has 1 heterocycles. The molecule has 0 aliphatic carbocycles. The quantitative estimate of drug-likeness (QED) is 0.621. The molecule has 0 radical (unpaired) electrons. The van der Waals surface area contributed by atoms with Crippen molar-refractivity contribution in [3.63, 3.8) is 0 Å². The molecule has 76 valence electrons. The van der Waals surface area contributed by atoms with Crippen molar-refractivity contribution in [2.24, 2.45) is 4.99 Å². The molecular formula is C8H10Br2N4. The van der Waals surface area contributed by atoms with Gasteiger partial charge in [0.25, 0.3) is 0 Å². The second-order valence-corrected chi connectivity index (χ2v) is 4.42. The Morgan fingerprint density at radius 3 is 2.43 bits per heavy atom. The van der Waals surface area contributed by atoms with Crippen LogP contribution in [0.4, 0.5) is 5.82 Å². The van der Waals surface area contributed by atoms with Crippen LogP contribution in [0.5, 0.6) is 0 Å². The van der Waals surface area contributed by atoms with E-state index in [1.54, 1.807) is 6.34 Å². The van der Waals surface area contributed by atoms with Gasteiger partial charge in [-0.15, -0.1) is 0 Å². The lowest BCUT2D eigenvalue weighted by Gasteiger charge is -2.04. The van der Waals surface area contributed by atoms with Crippen molar-refractivity contribution in [3.05, 3.63) is 14.9 Å². The number of rotatable bonds is 2. The fourth-order valence-corrected chi connectivity index (χ4v) is 1.43. The Hall–Kier alpha value is -0.490. The lowest BCUT2D eigenvalue weighted by molar-refractivity contribution is 0.643. The van der Waals surface area contributed by atoms with E-state index in [1.807, 2.05) is 25.9 Å². The minimum absolute atomic E-state index is 0.566. The minimum atomic E-state index is 0.566. The van der Waals surface area contributed by atoms with E-state index < -0.39 is 0 Å². The summed E-state index contributed by atoms with van der Waals surface area (Å²) in [6.45, 7) is 1.88. The summed E-state index contributed by atoms with van der Waals surface area (Å²) in [5.74, 6) is 0.566. The number of aromatic nitrogens is 2. The first-order valence-electron chi connectivity index (χ1n) is 3.91. The lowest BCUT2D eigenvalue weighted by Crippen LogP contribution is -2.07. The lowest BCUT2D eigenvalue weighted by atomic mass is 10.5. The van der Waals surface area contributed by atoms with E-state index in [-0.39, 0.29) is 0 Å². The molecular weight excluding hydrogens is 312 g/mol. The fraction of sp³-hybridized carbons (Fsp3) is 0.375. The molecule has 6 heteroatoms. The van der Waals surface area contributed by atoms with Gasteiger partial charge in [0.05, 0.1) is 12.0 Å². The zero-order chi connectivity index (χ0) is 10.7. The maximum Gasteiger partial charge on any atom is 0.188 e. The molecule has 0 aliphatic rings. The highest BCUT2D eigenvalue weighted by Gasteiger charge is 2.05. The van der Waals surface area contributed by atoms with Crippen molar-refractivity contribution in [2.75, 3.05) is 14.1 Å². The number of hydrogen-bond donors (Lipinski definition) is 0. The number of aliphatic imine (C=N–C) groups is 1. The smallest absolute Gasteiger partial charge is 0.188 e. The van der Waals surface area contributed by atoms with Gasteiger partial charge in [0.2, 0.25) is 0 Å². The average Bonchev–Trinajstić information content (AvgIpc) is 2.09. The Balaban J connectivity index is 3.04. The minimum Gasteiger partial charge on any atom is -0.369 e. The third kappa shape index (κ3) is 3.02. The number of halogens is 2. The first-order chi connectivity index (χ1) is 6.50. The van der Waals surface area contributed by atoms with Crippen molar-refractivity contribution >= 4 is 44.0 Å². The van der Waals surface area contributed by atoms with Crippen LogP contribution in [-0.4, -0.2) is 35.3 Å². The summed E-state index contributed by atoms with van der Waals surface area (Å²) in [7, 11) is 3.79. The molecule has 0 bridgehead atoms. The predicted molar refractivity (Wildman–Crippen MR) is 64.0 cm³/mol. The molecule has 0 fully saturated rings. The van der Waals surface area contributed by atoms with Gasteiger partial charge in [-0.2, -0.15) is 0 Å². The van der Waals surface area contributed by atoms with Gasteiger partial charge in [-0.3, -0.25) is 0 Å². The highest BCUT2D eigenvalue weighted by Crippen LogP contribution is 2.24. The van der Waals surface area contributed by atoms with E-state index >= 15 is 0 Å². The Kier molecular flexibility index (Phi) is 4.00. The second kappa shape index (κ2) is 4.84. The van der Waals surface area contributed by atoms with E-state index in [0.717, 1.165) is 5.69 Å². The van der Waals surface area contributed by atoms with Gasteiger partial charge in [0, 0.05) is 14.1 Å². The summed E-state index contributed by atoms with van der Waals surface area (Å²) in [6, 6.07) is 0. The summed E-state index contributed by atoms with van der Waals surface area (Å²) in [5.41, 5.74) is 0.834. The molecule has 4 nitrogen and oxygen atoms in total. The average molecular weight is 322 g/mol. The van der Waals surface area contributed by atoms with Crippen LogP contribution in [0, 0.1) is 6.92 Å². The summed E-state index contributed by atoms with van der Waals surface area (Å²) in [4.78, 5) is 14.4. The molecule has 0 saturated carbocycles. The highest BCUT2D eigenvalue weighted by atomic mass is 79.9. The van der Waals surface area contributed by atoms with Crippen molar-refractivity contribution in [2.45, 2.75) is 6.92 Å². The molecule has 1 aromatic heterocycles. The summed E-state index contributed by atoms with van der Waals surface area (Å²) >= 11 is 6.61. The van der Waals surface area contributed by atoms with E-state index in [4.69, 9.17) is 0 Å². The van der Waals surface area contributed by atoms with Gasteiger partial charge in [0.1, 0.15) is 4.60 Å². The molecule has 0 amide bonds. The summed E-state index contributed by atoms with van der Waals surface area (Å²) in [6.07, 6.45) is 1.68. The van der Waals surface area contributed by atoms with Crippen LogP contribution in [-0.2, 0) is 0 Å². The van der Waals surface area contributed by atoms with Crippen LogP contribution >= 0.6 is 31.9 Å². The normalized spacial score (nSPS) is 10.9. The Morgan fingerprint density at radius 1 is 1.21 bits per heavy atom. The number of aryl methyl sites for hydroxylation is 1. The van der Waals surface area contributed by atoms with Crippen LogP contribution in [0.3, 0.4) is 0 Å². The largest absolute Gasteiger partial charge is 0.369 e. The fourth-order valence-electron chi connectivity index (χ4n) is 0.716. The van der Waals surface area contributed by atoms with E-state index in [1.165, 1.54) is 0 Å². The molecule has 0 saturated heterocycles. The molecule has 0 aliphatic heterocycles. The van der Waals surface area contributed by atoms with Crippen LogP contribution in [0.15, 0.2) is 14.2 Å². The highest BCUT2D eigenvalue weighted by molar-refractivity contribution is 9.11. The topological polar surface area (TPSA) is 41.4 Å². The van der Waals surface area contributed by atoms with Gasteiger partial charge in [-0.25, -0.2) is 15.0 Å². The standard InChI is InChI=1S/C8H10Br2N4/c1-5-6(9)13-8(7(10)12-5)11-4-14(2)3/h4H,1-3H3. The van der Waals surface area contributed by atoms with Crippen molar-refractivity contribution < 1.29 is 0 Å². The third-order valence-electron chi connectivity index (χ3n) is 1.36. The van der Waals surface area contributed by atoms with Crippen LogP contribution < -0.4 is 0 Å². The van der Waals surface area contributed by atoms with E-state index in [9.17, 15) is 0 Å². The van der Waals surface area contributed by atoms with Crippen molar-refractivity contribution in [1.82, 2.24) is 14.9 Å². The SMILES string of the molecule is Cc1nc(Br)c(N=CN(C)C)nc1Br. The van der Waals surface area contributed by atoms with Crippen molar-refractivity contribution in [1.29, 1.82) is 0 Å². The Labute approximate surface area is 99.7 Å². The summed E-state index contributed by atoms with van der Waals surface area (Å²) < 4.78 is 1.36. The Bertz CT molecular complexity index is 363. The molecule has 1 rings (SSSR count). The molecule has 0 aromatic carbocycles. The zero-order valence-electron chi connectivity index (χ0n) is 8.12. The number of nitrogens with zero attached hydrogens (tertiary/aromatic N) is 4. The summed E-state index contributed by atoms with van der Waals surface area (Å²) in [5, 5.41) is 0. The maximum absolute atomic E-state index is 4.23. The first kappa shape index (κ1) is 11.6. The first-order valence-corrected chi connectivity index (χ1v) is 5.49. The van der Waals surface area contributed by atoms with Gasteiger partial charge in [0.15, 0.2) is 10.4 Å². The van der Waals surface area contributed by atoms with E-state index in [0.29, 0.717) is 15.0 Å². The van der Waals surface area contributed by atoms with Gasteiger partial charge < -0.3 is 4.90 Å². The van der Waals surface area contributed by atoms with E-state index in [2.05, 4.69) is 46.8 Å². The maximum atomic E-state index is 4.23. The Morgan fingerprint density at radius 2 is 1.86 bits per heavy atom.